The van der Waals surface area contributed by atoms with Gasteiger partial charge in [0.2, 0.25) is 5.95 Å². The number of nitrogens with zero attached hydrogens (tertiary/aromatic N) is 5. The Morgan fingerprint density at radius 1 is 1.11 bits per heavy atom. The molecule has 0 aliphatic carbocycles. The second-order valence-electron chi connectivity index (χ2n) is 6.04. The van der Waals surface area contributed by atoms with Crippen molar-refractivity contribution < 1.29 is 12.8 Å². The van der Waals surface area contributed by atoms with Gasteiger partial charge in [0.25, 0.3) is 0 Å². The number of aromatic nitrogens is 2. The molecule has 11 heteroatoms. The van der Waals surface area contributed by atoms with Gasteiger partial charge < -0.3 is 15.5 Å². The highest BCUT2D eigenvalue weighted by molar-refractivity contribution is 14.0. The molecule has 152 valence electrons. The largest absolute Gasteiger partial charge is 0.370 e. The summed E-state index contributed by atoms with van der Waals surface area (Å²) >= 11 is 0. The third-order valence-electron chi connectivity index (χ3n) is 4.25. The number of halogens is 2. The molecule has 2 heterocycles. The van der Waals surface area contributed by atoms with Crippen molar-refractivity contribution in [2.45, 2.75) is 4.90 Å². The highest BCUT2D eigenvalue weighted by Gasteiger charge is 2.20. The first kappa shape index (κ1) is 22.3. The number of guanidine groups is 1. The minimum atomic E-state index is -3.52. The van der Waals surface area contributed by atoms with Gasteiger partial charge in [0.05, 0.1) is 17.2 Å². The van der Waals surface area contributed by atoms with Gasteiger partial charge in [0, 0.05) is 38.6 Å². The van der Waals surface area contributed by atoms with Crippen LogP contribution in [-0.4, -0.2) is 67.7 Å². The number of piperazine rings is 1. The van der Waals surface area contributed by atoms with Gasteiger partial charge in [0.15, 0.2) is 15.8 Å². The summed E-state index contributed by atoms with van der Waals surface area (Å²) in [5, 5.41) is 0. The van der Waals surface area contributed by atoms with E-state index in [4.69, 9.17) is 5.73 Å². The van der Waals surface area contributed by atoms with Crippen LogP contribution in [0.1, 0.15) is 0 Å². The van der Waals surface area contributed by atoms with Gasteiger partial charge in [-0.3, -0.25) is 4.99 Å². The maximum absolute atomic E-state index is 12.9. The van der Waals surface area contributed by atoms with Crippen LogP contribution < -0.4 is 10.6 Å². The molecule has 0 spiro atoms. The van der Waals surface area contributed by atoms with E-state index in [0.717, 1.165) is 12.1 Å². The van der Waals surface area contributed by atoms with Crippen LogP contribution in [0.2, 0.25) is 0 Å². The number of rotatable bonds is 5. The average molecular weight is 520 g/mol. The topological polar surface area (TPSA) is 105 Å². The third-order valence-corrected chi connectivity index (χ3v) is 5.96. The fraction of sp³-hybridized carbons (Fsp3) is 0.353. The van der Waals surface area contributed by atoms with Crippen LogP contribution in [-0.2, 0) is 9.84 Å². The van der Waals surface area contributed by atoms with Crippen molar-refractivity contribution in [1.82, 2.24) is 14.9 Å². The number of sulfone groups is 1. The van der Waals surface area contributed by atoms with E-state index in [1.165, 1.54) is 12.1 Å². The first-order valence-electron chi connectivity index (χ1n) is 8.51. The van der Waals surface area contributed by atoms with Crippen molar-refractivity contribution >= 4 is 45.7 Å². The van der Waals surface area contributed by atoms with Crippen LogP contribution in [0, 0.1) is 5.82 Å². The SMILES string of the molecule is I.NC(=NCCS(=O)(=O)c1ccc(F)cc1)N1CCN(c2ncccn2)CC1. The van der Waals surface area contributed by atoms with Crippen LogP contribution in [0.4, 0.5) is 10.3 Å². The predicted molar refractivity (Wildman–Crippen MR) is 116 cm³/mol. The van der Waals surface area contributed by atoms with Crippen molar-refractivity contribution in [3.8, 4) is 0 Å². The molecule has 1 aliphatic rings. The lowest BCUT2D eigenvalue weighted by Crippen LogP contribution is -2.51. The lowest BCUT2D eigenvalue weighted by atomic mass is 10.3. The van der Waals surface area contributed by atoms with E-state index in [0.29, 0.717) is 38.1 Å². The quantitative estimate of drug-likeness (QED) is 0.273. The van der Waals surface area contributed by atoms with E-state index in [-0.39, 0.29) is 41.2 Å². The summed E-state index contributed by atoms with van der Waals surface area (Å²) < 4.78 is 37.4. The van der Waals surface area contributed by atoms with Crippen LogP contribution in [0.5, 0.6) is 0 Å². The molecule has 0 saturated carbocycles. The molecular weight excluding hydrogens is 498 g/mol. The smallest absolute Gasteiger partial charge is 0.225 e. The predicted octanol–water partition coefficient (Wildman–Crippen LogP) is 1.14. The Balaban J connectivity index is 0.00000280. The van der Waals surface area contributed by atoms with E-state index < -0.39 is 15.7 Å². The molecule has 0 atom stereocenters. The summed E-state index contributed by atoms with van der Waals surface area (Å²) in [4.78, 5) is 16.7. The molecule has 1 fully saturated rings. The van der Waals surface area contributed by atoms with Gasteiger partial charge >= 0.3 is 0 Å². The fourth-order valence-electron chi connectivity index (χ4n) is 2.73. The minimum Gasteiger partial charge on any atom is -0.370 e. The molecule has 28 heavy (non-hydrogen) atoms. The molecule has 2 N–H and O–H groups in total. The Morgan fingerprint density at radius 3 is 2.32 bits per heavy atom. The van der Waals surface area contributed by atoms with Gasteiger partial charge in [-0.1, -0.05) is 0 Å². The van der Waals surface area contributed by atoms with Crippen molar-refractivity contribution in [1.29, 1.82) is 0 Å². The Labute approximate surface area is 180 Å². The molecule has 0 amide bonds. The monoisotopic (exact) mass is 520 g/mol. The maximum Gasteiger partial charge on any atom is 0.225 e. The Hall–Kier alpha value is -2.02. The molecule has 1 saturated heterocycles. The fourth-order valence-corrected chi connectivity index (χ4v) is 3.85. The van der Waals surface area contributed by atoms with E-state index >= 15 is 0 Å². The summed E-state index contributed by atoms with van der Waals surface area (Å²) in [5.74, 6) is 0.337. The molecular formula is C17H22FIN6O2S. The number of hydrogen-bond donors (Lipinski definition) is 1. The van der Waals surface area contributed by atoms with Crippen molar-refractivity contribution in [2.75, 3.05) is 43.4 Å². The van der Waals surface area contributed by atoms with Gasteiger partial charge in [-0.05, 0) is 30.3 Å². The summed E-state index contributed by atoms with van der Waals surface area (Å²) in [6.07, 6.45) is 3.40. The van der Waals surface area contributed by atoms with E-state index in [1.54, 1.807) is 18.5 Å². The summed E-state index contributed by atoms with van der Waals surface area (Å²) in [7, 11) is -3.52. The summed E-state index contributed by atoms with van der Waals surface area (Å²) in [6, 6.07) is 6.52. The van der Waals surface area contributed by atoms with Crippen molar-refractivity contribution in [2.24, 2.45) is 10.7 Å². The van der Waals surface area contributed by atoms with Crippen molar-refractivity contribution in [3.63, 3.8) is 0 Å². The van der Waals surface area contributed by atoms with Crippen molar-refractivity contribution in [3.05, 3.63) is 48.5 Å². The van der Waals surface area contributed by atoms with Gasteiger partial charge in [-0.2, -0.15) is 0 Å². The number of hydrogen-bond acceptors (Lipinski definition) is 6. The standard InChI is InChI=1S/C17H21FN6O2S.HI/c18-14-2-4-15(5-3-14)27(25,26)13-8-20-16(19)23-9-11-24(12-10-23)17-21-6-1-7-22-17;/h1-7H,8-13H2,(H2,19,20);1H. The van der Waals surface area contributed by atoms with E-state index in [2.05, 4.69) is 19.9 Å². The molecule has 1 aromatic carbocycles. The molecule has 2 aromatic rings. The lowest BCUT2D eigenvalue weighted by Gasteiger charge is -2.35. The Morgan fingerprint density at radius 2 is 1.71 bits per heavy atom. The highest BCUT2D eigenvalue weighted by atomic mass is 127. The van der Waals surface area contributed by atoms with Gasteiger partial charge in [0.1, 0.15) is 5.82 Å². The molecule has 0 radical (unpaired) electrons. The first-order valence-corrected chi connectivity index (χ1v) is 10.2. The average Bonchev–Trinajstić information content (AvgIpc) is 2.69. The molecule has 3 rings (SSSR count). The van der Waals surface area contributed by atoms with E-state index in [1.807, 2.05) is 4.90 Å². The number of anilines is 1. The zero-order chi connectivity index (χ0) is 19.3. The Kier molecular flexibility index (Phi) is 7.92. The number of benzene rings is 1. The lowest BCUT2D eigenvalue weighted by molar-refractivity contribution is 0.378. The maximum atomic E-state index is 12.9. The molecule has 8 nitrogen and oxygen atoms in total. The van der Waals surface area contributed by atoms with Gasteiger partial charge in [-0.15, -0.1) is 24.0 Å². The Bertz CT molecular complexity index is 888. The third kappa shape index (κ3) is 5.74. The summed E-state index contributed by atoms with van der Waals surface area (Å²) in [6.45, 7) is 2.76. The van der Waals surface area contributed by atoms with Crippen LogP contribution in [0.25, 0.3) is 0 Å². The van der Waals surface area contributed by atoms with Gasteiger partial charge in [-0.25, -0.2) is 22.8 Å². The number of nitrogens with two attached hydrogens (primary N) is 1. The molecule has 0 bridgehead atoms. The van der Waals surface area contributed by atoms with Crippen LogP contribution in [0.15, 0.2) is 52.6 Å². The molecule has 1 aromatic heterocycles. The van der Waals surface area contributed by atoms with Crippen LogP contribution in [0.3, 0.4) is 0 Å². The minimum absolute atomic E-state index is 0. The second kappa shape index (κ2) is 9.96. The second-order valence-corrected chi connectivity index (χ2v) is 8.14. The summed E-state index contributed by atoms with van der Waals surface area (Å²) in [5.41, 5.74) is 6.00. The first-order chi connectivity index (χ1) is 13.0. The number of aliphatic imine (C=N–C) groups is 1. The zero-order valence-electron chi connectivity index (χ0n) is 15.1. The molecule has 0 unspecified atom stereocenters. The van der Waals surface area contributed by atoms with Crippen LogP contribution >= 0.6 is 24.0 Å². The molecule has 1 aliphatic heterocycles. The zero-order valence-corrected chi connectivity index (χ0v) is 18.3. The normalized spacial score (nSPS) is 15.2. The van der Waals surface area contributed by atoms with E-state index in [9.17, 15) is 12.8 Å². The highest BCUT2D eigenvalue weighted by Crippen LogP contribution is 2.12.